The molecular formula is C22H23NO3S2. The summed E-state index contributed by atoms with van der Waals surface area (Å²) >= 11 is 2.89. The van der Waals surface area contributed by atoms with Crippen molar-refractivity contribution in [3.63, 3.8) is 0 Å². The number of carbonyl (C=O) groups is 1. The van der Waals surface area contributed by atoms with Crippen LogP contribution in [0.5, 0.6) is 5.75 Å². The third-order valence-corrected chi connectivity index (χ3v) is 6.25. The van der Waals surface area contributed by atoms with Gasteiger partial charge in [-0.05, 0) is 53.5 Å². The molecule has 0 radical (unpaired) electrons. The lowest BCUT2D eigenvalue weighted by molar-refractivity contribution is -0.113. The van der Waals surface area contributed by atoms with Gasteiger partial charge < -0.3 is 9.84 Å². The van der Waals surface area contributed by atoms with E-state index < -0.39 is 0 Å². The molecule has 1 atom stereocenters. The molecule has 0 aliphatic carbocycles. The standard InChI is InChI=1S/C22H23NO3S2/c1-15(13-24)11-16-3-5-18(6-4-16)14-26-19-9-7-17(8-10-19)12-20-21(25)23-22(27-2)28-20/h3-10,12,15,24H,11,13-14H2,1-2H3. The van der Waals surface area contributed by atoms with E-state index in [9.17, 15) is 4.79 Å². The zero-order valence-corrected chi connectivity index (χ0v) is 17.6. The van der Waals surface area contributed by atoms with Gasteiger partial charge in [0.05, 0.1) is 4.91 Å². The van der Waals surface area contributed by atoms with Gasteiger partial charge in [-0.15, -0.1) is 11.8 Å². The largest absolute Gasteiger partial charge is 0.489 e. The van der Waals surface area contributed by atoms with Gasteiger partial charge in [-0.3, -0.25) is 4.79 Å². The molecule has 0 saturated carbocycles. The highest BCUT2D eigenvalue weighted by Gasteiger charge is 2.20. The third kappa shape index (κ3) is 5.74. The van der Waals surface area contributed by atoms with E-state index in [1.807, 2.05) is 43.5 Å². The molecule has 2 aromatic rings. The van der Waals surface area contributed by atoms with Crippen LogP contribution in [0.1, 0.15) is 23.6 Å². The molecular weight excluding hydrogens is 390 g/mol. The summed E-state index contributed by atoms with van der Waals surface area (Å²) in [6.45, 7) is 2.73. The van der Waals surface area contributed by atoms with Gasteiger partial charge in [0.1, 0.15) is 16.7 Å². The van der Waals surface area contributed by atoms with Crippen molar-refractivity contribution in [1.29, 1.82) is 0 Å². The topological polar surface area (TPSA) is 58.9 Å². The van der Waals surface area contributed by atoms with E-state index in [1.54, 1.807) is 0 Å². The van der Waals surface area contributed by atoms with E-state index in [0.717, 1.165) is 27.7 Å². The second-order valence-corrected chi connectivity index (χ2v) is 8.75. The van der Waals surface area contributed by atoms with Crippen molar-refractivity contribution in [1.82, 2.24) is 0 Å². The molecule has 1 aliphatic heterocycles. The molecule has 4 nitrogen and oxygen atoms in total. The number of hydrogen-bond donors (Lipinski definition) is 1. The maximum atomic E-state index is 11.8. The zero-order valence-electron chi connectivity index (χ0n) is 15.9. The number of benzene rings is 2. The first-order chi connectivity index (χ1) is 13.6. The number of aliphatic imine (C=N–C) groups is 1. The molecule has 1 amide bonds. The predicted molar refractivity (Wildman–Crippen MR) is 119 cm³/mol. The molecule has 0 aromatic heterocycles. The second kappa shape index (κ2) is 9.96. The quantitative estimate of drug-likeness (QED) is 0.663. The number of aliphatic hydroxyl groups is 1. The van der Waals surface area contributed by atoms with Crippen molar-refractivity contribution in [2.75, 3.05) is 12.9 Å². The first-order valence-corrected chi connectivity index (χ1v) is 11.1. The summed E-state index contributed by atoms with van der Waals surface area (Å²) in [4.78, 5) is 16.5. The smallest absolute Gasteiger partial charge is 0.285 e. The van der Waals surface area contributed by atoms with Gasteiger partial charge >= 0.3 is 0 Å². The Morgan fingerprint density at radius 3 is 2.43 bits per heavy atom. The Morgan fingerprint density at radius 1 is 1.14 bits per heavy atom. The Morgan fingerprint density at radius 2 is 1.82 bits per heavy atom. The predicted octanol–water partition coefficient (Wildman–Crippen LogP) is 4.77. The van der Waals surface area contributed by atoms with Gasteiger partial charge in [0.15, 0.2) is 0 Å². The van der Waals surface area contributed by atoms with Crippen molar-refractivity contribution in [3.05, 3.63) is 70.1 Å². The van der Waals surface area contributed by atoms with Gasteiger partial charge in [-0.1, -0.05) is 55.1 Å². The molecule has 0 fully saturated rings. The summed E-state index contributed by atoms with van der Waals surface area (Å²) in [7, 11) is 0. The van der Waals surface area contributed by atoms with Crippen molar-refractivity contribution in [2.45, 2.75) is 20.0 Å². The second-order valence-electron chi connectivity index (χ2n) is 6.66. The molecule has 1 N–H and O–H groups in total. The molecule has 3 rings (SSSR count). The Hall–Kier alpha value is -2.02. The lowest BCUT2D eigenvalue weighted by Crippen LogP contribution is -2.04. The van der Waals surface area contributed by atoms with Crippen LogP contribution in [0.3, 0.4) is 0 Å². The van der Waals surface area contributed by atoms with Crippen LogP contribution < -0.4 is 4.74 Å². The van der Waals surface area contributed by atoms with Crippen LogP contribution in [0, 0.1) is 5.92 Å². The van der Waals surface area contributed by atoms with Gasteiger partial charge in [0.25, 0.3) is 5.91 Å². The number of carbonyl (C=O) groups excluding carboxylic acids is 1. The fourth-order valence-electron chi connectivity index (χ4n) is 2.69. The van der Waals surface area contributed by atoms with E-state index in [4.69, 9.17) is 9.84 Å². The minimum Gasteiger partial charge on any atom is -0.489 e. The van der Waals surface area contributed by atoms with E-state index in [0.29, 0.717) is 11.5 Å². The van der Waals surface area contributed by atoms with Crippen molar-refractivity contribution in [2.24, 2.45) is 10.9 Å². The Labute approximate surface area is 174 Å². The fourth-order valence-corrected chi connectivity index (χ4v) is 4.12. The number of amides is 1. The maximum Gasteiger partial charge on any atom is 0.285 e. The molecule has 28 heavy (non-hydrogen) atoms. The number of hydrogen-bond acceptors (Lipinski definition) is 5. The Balaban J connectivity index is 1.54. The summed E-state index contributed by atoms with van der Waals surface area (Å²) in [5.41, 5.74) is 3.26. The number of thioether (sulfide) groups is 2. The van der Waals surface area contributed by atoms with Crippen LogP contribution in [-0.2, 0) is 17.8 Å². The molecule has 6 heteroatoms. The van der Waals surface area contributed by atoms with Crippen LogP contribution >= 0.6 is 23.5 Å². The van der Waals surface area contributed by atoms with Crippen LogP contribution in [0.25, 0.3) is 6.08 Å². The summed E-state index contributed by atoms with van der Waals surface area (Å²) < 4.78 is 6.64. The van der Waals surface area contributed by atoms with Crippen LogP contribution in [0.15, 0.2) is 58.4 Å². The molecule has 0 bridgehead atoms. The van der Waals surface area contributed by atoms with Gasteiger partial charge in [0.2, 0.25) is 0 Å². The number of aliphatic hydroxyl groups excluding tert-OH is 1. The third-order valence-electron chi connectivity index (χ3n) is 4.28. The maximum absolute atomic E-state index is 11.8. The number of nitrogens with zero attached hydrogens (tertiary/aromatic N) is 1. The van der Waals surface area contributed by atoms with Crippen molar-refractivity contribution < 1.29 is 14.6 Å². The first kappa shape index (κ1) is 20.7. The SMILES string of the molecule is CSC1=NC(=O)C(=Cc2ccc(OCc3ccc(CC(C)CO)cc3)cc2)S1. The minimum atomic E-state index is -0.175. The number of rotatable bonds is 7. The molecule has 0 spiro atoms. The normalized spacial score (nSPS) is 16.3. The number of ether oxygens (including phenoxy) is 1. The lowest BCUT2D eigenvalue weighted by Gasteiger charge is -2.10. The highest BCUT2D eigenvalue weighted by molar-refractivity contribution is 8.40. The van der Waals surface area contributed by atoms with Crippen LogP contribution in [0.4, 0.5) is 0 Å². The van der Waals surface area contributed by atoms with E-state index in [-0.39, 0.29) is 18.4 Å². The monoisotopic (exact) mass is 413 g/mol. The summed E-state index contributed by atoms with van der Waals surface area (Å²) in [6.07, 6.45) is 4.64. The zero-order chi connectivity index (χ0) is 19.9. The average molecular weight is 414 g/mol. The molecule has 146 valence electrons. The van der Waals surface area contributed by atoms with E-state index in [1.165, 1.54) is 29.1 Å². The highest BCUT2D eigenvalue weighted by Crippen LogP contribution is 2.32. The van der Waals surface area contributed by atoms with Crippen LogP contribution in [0.2, 0.25) is 0 Å². The van der Waals surface area contributed by atoms with Gasteiger partial charge in [0, 0.05) is 6.61 Å². The Kier molecular flexibility index (Phi) is 7.36. The van der Waals surface area contributed by atoms with Gasteiger partial charge in [-0.2, -0.15) is 4.99 Å². The van der Waals surface area contributed by atoms with E-state index in [2.05, 4.69) is 29.3 Å². The van der Waals surface area contributed by atoms with E-state index >= 15 is 0 Å². The first-order valence-electron chi connectivity index (χ1n) is 9.05. The summed E-state index contributed by atoms with van der Waals surface area (Å²) in [6, 6.07) is 16.0. The van der Waals surface area contributed by atoms with Crippen molar-refractivity contribution in [3.8, 4) is 5.75 Å². The average Bonchev–Trinajstić information content (AvgIpc) is 3.08. The lowest BCUT2D eigenvalue weighted by atomic mass is 10.0. The molecule has 1 unspecified atom stereocenters. The van der Waals surface area contributed by atoms with Crippen molar-refractivity contribution >= 4 is 39.9 Å². The molecule has 1 aliphatic rings. The van der Waals surface area contributed by atoms with Crippen LogP contribution in [-0.4, -0.2) is 28.3 Å². The fraction of sp³-hybridized carbons (Fsp3) is 0.273. The van der Waals surface area contributed by atoms with Gasteiger partial charge in [-0.25, -0.2) is 0 Å². The Bertz CT molecular complexity index is 874. The highest BCUT2D eigenvalue weighted by atomic mass is 32.2. The minimum absolute atomic E-state index is 0.175. The summed E-state index contributed by atoms with van der Waals surface area (Å²) in [5, 5.41) is 9.15. The molecule has 1 heterocycles. The molecule has 2 aromatic carbocycles. The molecule has 0 saturated heterocycles. The summed E-state index contributed by atoms with van der Waals surface area (Å²) in [5.74, 6) is 0.880.